The van der Waals surface area contributed by atoms with Gasteiger partial charge < -0.3 is 5.73 Å². The Kier molecular flexibility index (Phi) is 3.81. The van der Waals surface area contributed by atoms with Crippen LogP contribution in [0.5, 0.6) is 0 Å². The standard InChI is InChI=1S/C13H18BrN/c14-11-8-6-10(7-9-11)12-4-2-1-3-5-13(12)15/h6-9,12-13H,1-5,15H2. The minimum absolute atomic E-state index is 0.355. The first-order valence-corrected chi connectivity index (χ1v) is 6.58. The molecule has 0 amide bonds. The van der Waals surface area contributed by atoms with Gasteiger partial charge in [-0.1, -0.05) is 47.3 Å². The molecule has 1 nitrogen and oxygen atoms in total. The average Bonchev–Trinajstić information content (AvgIpc) is 2.44. The molecule has 2 N–H and O–H groups in total. The van der Waals surface area contributed by atoms with Crippen LogP contribution in [-0.2, 0) is 0 Å². The Labute approximate surface area is 100 Å². The molecule has 0 bridgehead atoms. The minimum atomic E-state index is 0.355. The van der Waals surface area contributed by atoms with Crippen LogP contribution >= 0.6 is 15.9 Å². The SMILES string of the molecule is NC1CCCCCC1c1ccc(Br)cc1. The van der Waals surface area contributed by atoms with Gasteiger partial charge in [-0.05, 0) is 36.5 Å². The van der Waals surface area contributed by atoms with Gasteiger partial charge in [-0.25, -0.2) is 0 Å². The molecule has 0 saturated heterocycles. The Balaban J connectivity index is 2.16. The molecule has 82 valence electrons. The van der Waals surface area contributed by atoms with Crippen molar-refractivity contribution in [2.45, 2.75) is 44.1 Å². The van der Waals surface area contributed by atoms with Gasteiger partial charge in [-0.3, -0.25) is 0 Å². The lowest BCUT2D eigenvalue weighted by Gasteiger charge is -2.21. The molecule has 0 spiro atoms. The summed E-state index contributed by atoms with van der Waals surface area (Å²) in [5.41, 5.74) is 7.65. The van der Waals surface area contributed by atoms with Crippen molar-refractivity contribution in [3.05, 3.63) is 34.3 Å². The summed E-state index contributed by atoms with van der Waals surface area (Å²) in [6.07, 6.45) is 6.41. The van der Waals surface area contributed by atoms with E-state index in [1.165, 1.54) is 37.7 Å². The molecule has 1 saturated carbocycles. The average molecular weight is 268 g/mol. The summed E-state index contributed by atoms with van der Waals surface area (Å²) in [4.78, 5) is 0. The number of hydrogen-bond acceptors (Lipinski definition) is 1. The van der Waals surface area contributed by atoms with Gasteiger partial charge in [-0.15, -0.1) is 0 Å². The van der Waals surface area contributed by atoms with Gasteiger partial charge in [-0.2, -0.15) is 0 Å². The van der Waals surface area contributed by atoms with Gasteiger partial charge in [0.25, 0.3) is 0 Å². The third-order valence-corrected chi connectivity index (χ3v) is 3.90. The third-order valence-electron chi connectivity index (χ3n) is 3.37. The highest BCUT2D eigenvalue weighted by molar-refractivity contribution is 9.10. The molecule has 2 heteroatoms. The zero-order valence-corrected chi connectivity index (χ0v) is 10.5. The van der Waals surface area contributed by atoms with Crippen molar-refractivity contribution in [1.82, 2.24) is 0 Å². The van der Waals surface area contributed by atoms with Crippen molar-refractivity contribution in [2.75, 3.05) is 0 Å². The highest BCUT2D eigenvalue weighted by Crippen LogP contribution is 2.31. The highest BCUT2D eigenvalue weighted by atomic mass is 79.9. The molecule has 1 aliphatic carbocycles. The van der Waals surface area contributed by atoms with Crippen molar-refractivity contribution in [3.8, 4) is 0 Å². The lowest BCUT2D eigenvalue weighted by atomic mass is 9.88. The zero-order chi connectivity index (χ0) is 10.7. The molecule has 0 aromatic heterocycles. The molecular weight excluding hydrogens is 250 g/mol. The van der Waals surface area contributed by atoms with Crippen LogP contribution in [0, 0.1) is 0 Å². The molecule has 1 aliphatic rings. The first kappa shape index (κ1) is 11.2. The lowest BCUT2D eigenvalue weighted by molar-refractivity contribution is 0.505. The van der Waals surface area contributed by atoms with E-state index in [0.717, 1.165) is 4.47 Å². The van der Waals surface area contributed by atoms with Crippen LogP contribution in [0.4, 0.5) is 0 Å². The highest BCUT2D eigenvalue weighted by Gasteiger charge is 2.21. The number of benzene rings is 1. The summed E-state index contributed by atoms with van der Waals surface area (Å²) in [7, 11) is 0. The van der Waals surface area contributed by atoms with E-state index in [2.05, 4.69) is 40.2 Å². The molecule has 2 unspecified atom stereocenters. The van der Waals surface area contributed by atoms with Gasteiger partial charge in [0.2, 0.25) is 0 Å². The minimum Gasteiger partial charge on any atom is -0.327 e. The Morgan fingerprint density at radius 1 is 1.00 bits per heavy atom. The maximum absolute atomic E-state index is 6.24. The number of nitrogens with two attached hydrogens (primary N) is 1. The van der Waals surface area contributed by atoms with Crippen molar-refractivity contribution >= 4 is 15.9 Å². The Hall–Kier alpha value is -0.340. The predicted molar refractivity (Wildman–Crippen MR) is 67.9 cm³/mol. The van der Waals surface area contributed by atoms with E-state index in [0.29, 0.717) is 12.0 Å². The van der Waals surface area contributed by atoms with Gasteiger partial charge in [0.05, 0.1) is 0 Å². The van der Waals surface area contributed by atoms with E-state index in [1.807, 2.05) is 0 Å². The molecular formula is C13H18BrN. The Morgan fingerprint density at radius 3 is 2.40 bits per heavy atom. The molecule has 1 fully saturated rings. The normalized spacial score (nSPS) is 27.3. The van der Waals surface area contributed by atoms with Crippen LogP contribution in [0.15, 0.2) is 28.7 Å². The molecule has 0 radical (unpaired) electrons. The number of halogens is 1. The molecule has 1 aromatic rings. The second-order valence-corrected chi connectivity index (χ2v) is 5.38. The Morgan fingerprint density at radius 2 is 1.67 bits per heavy atom. The third kappa shape index (κ3) is 2.82. The molecule has 0 heterocycles. The van der Waals surface area contributed by atoms with Crippen LogP contribution in [-0.4, -0.2) is 6.04 Å². The van der Waals surface area contributed by atoms with Crippen molar-refractivity contribution in [1.29, 1.82) is 0 Å². The van der Waals surface area contributed by atoms with E-state index >= 15 is 0 Å². The fourth-order valence-electron chi connectivity index (χ4n) is 2.46. The molecule has 2 atom stereocenters. The smallest absolute Gasteiger partial charge is 0.0175 e. The van der Waals surface area contributed by atoms with E-state index < -0.39 is 0 Å². The van der Waals surface area contributed by atoms with Crippen molar-refractivity contribution in [3.63, 3.8) is 0 Å². The summed E-state index contributed by atoms with van der Waals surface area (Å²) < 4.78 is 1.15. The molecule has 1 aromatic carbocycles. The maximum atomic E-state index is 6.24. The Bertz CT molecular complexity index is 307. The quantitative estimate of drug-likeness (QED) is 0.770. The number of rotatable bonds is 1. The van der Waals surface area contributed by atoms with Crippen LogP contribution in [0.25, 0.3) is 0 Å². The van der Waals surface area contributed by atoms with Crippen LogP contribution in [0.2, 0.25) is 0 Å². The molecule has 0 aliphatic heterocycles. The van der Waals surface area contributed by atoms with E-state index in [-0.39, 0.29) is 0 Å². The van der Waals surface area contributed by atoms with Crippen LogP contribution in [0.3, 0.4) is 0 Å². The zero-order valence-electron chi connectivity index (χ0n) is 8.95. The maximum Gasteiger partial charge on any atom is 0.0175 e. The first-order chi connectivity index (χ1) is 7.27. The largest absolute Gasteiger partial charge is 0.327 e. The second kappa shape index (κ2) is 5.13. The van der Waals surface area contributed by atoms with Gasteiger partial charge in [0.15, 0.2) is 0 Å². The summed E-state index contributed by atoms with van der Waals surface area (Å²) in [6, 6.07) is 9.01. The fraction of sp³-hybridized carbons (Fsp3) is 0.538. The topological polar surface area (TPSA) is 26.0 Å². The first-order valence-electron chi connectivity index (χ1n) is 5.78. The summed E-state index contributed by atoms with van der Waals surface area (Å²) >= 11 is 3.47. The van der Waals surface area contributed by atoms with Crippen molar-refractivity contribution < 1.29 is 0 Å². The number of hydrogen-bond donors (Lipinski definition) is 1. The summed E-state index contributed by atoms with van der Waals surface area (Å²) in [5, 5.41) is 0. The van der Waals surface area contributed by atoms with E-state index in [1.54, 1.807) is 0 Å². The van der Waals surface area contributed by atoms with Crippen LogP contribution < -0.4 is 5.73 Å². The fourth-order valence-corrected chi connectivity index (χ4v) is 2.72. The predicted octanol–water partition coefficient (Wildman–Crippen LogP) is 3.82. The lowest BCUT2D eigenvalue weighted by Crippen LogP contribution is -2.27. The molecule has 2 rings (SSSR count). The summed E-state index contributed by atoms with van der Waals surface area (Å²) in [6.45, 7) is 0. The van der Waals surface area contributed by atoms with Gasteiger partial charge >= 0.3 is 0 Å². The second-order valence-electron chi connectivity index (χ2n) is 4.46. The van der Waals surface area contributed by atoms with E-state index in [9.17, 15) is 0 Å². The van der Waals surface area contributed by atoms with Crippen molar-refractivity contribution in [2.24, 2.45) is 5.73 Å². The van der Waals surface area contributed by atoms with Crippen LogP contribution in [0.1, 0.15) is 43.6 Å². The molecule has 15 heavy (non-hydrogen) atoms. The monoisotopic (exact) mass is 267 g/mol. The van der Waals surface area contributed by atoms with Gasteiger partial charge in [0, 0.05) is 10.5 Å². The van der Waals surface area contributed by atoms with E-state index in [4.69, 9.17) is 5.73 Å². The van der Waals surface area contributed by atoms with Gasteiger partial charge in [0.1, 0.15) is 0 Å². The summed E-state index contributed by atoms with van der Waals surface area (Å²) in [5.74, 6) is 0.570.